The molecule has 19 heavy (non-hydrogen) atoms. The van der Waals surface area contributed by atoms with E-state index in [0.717, 1.165) is 22.4 Å². The van der Waals surface area contributed by atoms with Gasteiger partial charge in [0.2, 0.25) is 0 Å². The Morgan fingerprint density at radius 3 is 2.63 bits per heavy atom. The minimum atomic E-state index is 0.231. The minimum Gasteiger partial charge on any atom is -0.494 e. The van der Waals surface area contributed by atoms with E-state index in [9.17, 15) is 0 Å². The lowest BCUT2D eigenvalue weighted by atomic mass is 10.1. The first-order chi connectivity index (χ1) is 9.28. The Hall–Kier alpha value is -0.880. The van der Waals surface area contributed by atoms with Crippen molar-refractivity contribution in [1.29, 1.82) is 0 Å². The maximum Gasteiger partial charge on any atom is 0.119 e. The van der Waals surface area contributed by atoms with Crippen molar-refractivity contribution < 1.29 is 4.74 Å². The molecule has 0 amide bonds. The van der Waals surface area contributed by atoms with Crippen LogP contribution in [0.5, 0.6) is 5.75 Å². The maximum absolute atomic E-state index is 5.68. The maximum atomic E-state index is 5.68. The van der Waals surface area contributed by atoms with Crippen molar-refractivity contribution in [3.05, 3.63) is 51.1 Å². The van der Waals surface area contributed by atoms with Gasteiger partial charge in [-0.3, -0.25) is 11.3 Å². The fourth-order valence-corrected chi connectivity index (χ4v) is 3.35. The summed E-state index contributed by atoms with van der Waals surface area (Å²) in [5, 5.41) is 0. The summed E-state index contributed by atoms with van der Waals surface area (Å²) in [6.45, 7) is 0.658. The molecule has 0 radical (unpaired) electrons. The van der Waals surface area contributed by atoms with E-state index in [-0.39, 0.29) is 6.04 Å². The van der Waals surface area contributed by atoms with Gasteiger partial charge in [0.1, 0.15) is 5.75 Å². The van der Waals surface area contributed by atoms with Gasteiger partial charge in [0, 0.05) is 10.9 Å². The van der Waals surface area contributed by atoms with Crippen LogP contribution >= 0.6 is 27.3 Å². The van der Waals surface area contributed by atoms with Crippen molar-refractivity contribution in [2.75, 3.05) is 6.61 Å². The van der Waals surface area contributed by atoms with E-state index in [2.05, 4.69) is 33.5 Å². The zero-order valence-corrected chi connectivity index (χ0v) is 12.9. The highest BCUT2D eigenvalue weighted by Gasteiger charge is 2.09. The van der Waals surface area contributed by atoms with E-state index < -0.39 is 0 Å². The van der Waals surface area contributed by atoms with Gasteiger partial charge in [-0.05, 0) is 53.0 Å². The quantitative estimate of drug-likeness (QED) is 0.600. The second-order valence-electron chi connectivity index (χ2n) is 4.22. The second kappa shape index (κ2) is 7.65. The molecular weight excluding hydrogens is 324 g/mol. The number of hydrazine groups is 1. The summed E-state index contributed by atoms with van der Waals surface area (Å²) in [6.07, 6.45) is 1.80. The molecule has 102 valence electrons. The number of para-hydroxylation sites is 1. The van der Waals surface area contributed by atoms with Gasteiger partial charge in [0.05, 0.1) is 10.4 Å². The predicted molar refractivity (Wildman–Crippen MR) is 83.4 cm³/mol. The van der Waals surface area contributed by atoms with Gasteiger partial charge < -0.3 is 4.74 Å². The summed E-state index contributed by atoms with van der Waals surface area (Å²) in [4.78, 5) is 1.31. The molecule has 0 saturated heterocycles. The third-order valence-corrected chi connectivity index (χ3v) is 4.44. The Labute approximate surface area is 125 Å². The molecule has 0 aliphatic rings. The molecule has 0 spiro atoms. The Balaban J connectivity index is 1.76. The molecule has 3 nitrogen and oxygen atoms in total. The molecule has 0 fully saturated rings. The summed E-state index contributed by atoms with van der Waals surface area (Å²) >= 11 is 5.21. The van der Waals surface area contributed by atoms with Gasteiger partial charge in [-0.25, -0.2) is 0 Å². The van der Waals surface area contributed by atoms with Crippen molar-refractivity contribution in [1.82, 2.24) is 5.43 Å². The number of benzene rings is 1. The van der Waals surface area contributed by atoms with Crippen LogP contribution in [-0.2, 0) is 6.42 Å². The van der Waals surface area contributed by atoms with Gasteiger partial charge >= 0.3 is 0 Å². The van der Waals surface area contributed by atoms with E-state index in [4.69, 9.17) is 10.6 Å². The summed E-state index contributed by atoms with van der Waals surface area (Å²) in [7, 11) is 0. The van der Waals surface area contributed by atoms with E-state index in [0.29, 0.717) is 6.61 Å². The SMILES string of the molecule is NNC(CCOc1ccccc1)Cc1ccc(Br)s1. The zero-order chi connectivity index (χ0) is 13.5. The number of hydrogen-bond acceptors (Lipinski definition) is 4. The third kappa shape index (κ3) is 4.95. The van der Waals surface area contributed by atoms with Crippen LogP contribution in [0.4, 0.5) is 0 Å². The van der Waals surface area contributed by atoms with Crippen LogP contribution < -0.4 is 16.0 Å². The van der Waals surface area contributed by atoms with Crippen molar-refractivity contribution in [3.8, 4) is 5.75 Å². The molecule has 2 aromatic rings. The molecule has 3 N–H and O–H groups in total. The van der Waals surface area contributed by atoms with E-state index in [1.165, 1.54) is 4.88 Å². The smallest absolute Gasteiger partial charge is 0.119 e. The molecule has 1 aromatic carbocycles. The Morgan fingerprint density at radius 2 is 2.00 bits per heavy atom. The summed E-state index contributed by atoms with van der Waals surface area (Å²) in [5.41, 5.74) is 2.86. The lowest BCUT2D eigenvalue weighted by Gasteiger charge is -2.15. The molecule has 0 saturated carbocycles. The van der Waals surface area contributed by atoms with Gasteiger partial charge in [-0.1, -0.05) is 18.2 Å². The fraction of sp³-hybridized carbons (Fsp3) is 0.286. The first-order valence-corrected chi connectivity index (χ1v) is 7.77. The lowest BCUT2D eigenvalue weighted by molar-refractivity contribution is 0.285. The number of rotatable bonds is 7. The molecule has 5 heteroatoms. The number of nitrogens with two attached hydrogens (primary N) is 1. The predicted octanol–water partition coefficient (Wildman–Crippen LogP) is 3.35. The summed E-state index contributed by atoms with van der Waals surface area (Å²) in [6, 6.07) is 14.3. The third-order valence-electron chi connectivity index (χ3n) is 2.79. The Kier molecular flexibility index (Phi) is 5.85. The zero-order valence-electron chi connectivity index (χ0n) is 10.5. The van der Waals surface area contributed by atoms with Crippen molar-refractivity contribution in [2.24, 2.45) is 5.84 Å². The van der Waals surface area contributed by atoms with E-state index in [1.807, 2.05) is 30.3 Å². The molecule has 1 heterocycles. The first kappa shape index (κ1) is 14.5. The van der Waals surface area contributed by atoms with E-state index >= 15 is 0 Å². The number of thiophene rings is 1. The highest BCUT2D eigenvalue weighted by atomic mass is 79.9. The average Bonchev–Trinajstić information content (AvgIpc) is 2.84. The summed E-state index contributed by atoms with van der Waals surface area (Å²) in [5.74, 6) is 6.49. The largest absolute Gasteiger partial charge is 0.494 e. The van der Waals surface area contributed by atoms with Crippen LogP contribution in [0.1, 0.15) is 11.3 Å². The van der Waals surface area contributed by atoms with Crippen LogP contribution in [-0.4, -0.2) is 12.6 Å². The number of nitrogens with one attached hydrogen (secondary N) is 1. The Morgan fingerprint density at radius 1 is 1.21 bits per heavy atom. The van der Waals surface area contributed by atoms with Gasteiger partial charge in [-0.15, -0.1) is 11.3 Å². The fourth-order valence-electron chi connectivity index (χ4n) is 1.78. The number of ether oxygens (including phenoxy) is 1. The standard InChI is InChI=1S/C14H17BrN2OS/c15-14-7-6-13(19-14)10-11(17-16)8-9-18-12-4-2-1-3-5-12/h1-7,11,17H,8-10,16H2. The molecule has 0 bridgehead atoms. The monoisotopic (exact) mass is 340 g/mol. The number of hydrogen-bond donors (Lipinski definition) is 2. The highest BCUT2D eigenvalue weighted by molar-refractivity contribution is 9.11. The van der Waals surface area contributed by atoms with Gasteiger partial charge in [0.25, 0.3) is 0 Å². The van der Waals surface area contributed by atoms with Crippen molar-refractivity contribution in [3.63, 3.8) is 0 Å². The van der Waals surface area contributed by atoms with Crippen LogP contribution in [0.15, 0.2) is 46.3 Å². The van der Waals surface area contributed by atoms with Crippen LogP contribution in [0, 0.1) is 0 Å². The Bertz CT molecular complexity index is 489. The minimum absolute atomic E-state index is 0.231. The first-order valence-electron chi connectivity index (χ1n) is 6.16. The molecule has 1 unspecified atom stereocenters. The molecular formula is C14H17BrN2OS. The van der Waals surface area contributed by atoms with Crippen LogP contribution in [0.25, 0.3) is 0 Å². The molecule has 1 atom stereocenters. The normalized spacial score (nSPS) is 12.3. The lowest BCUT2D eigenvalue weighted by Crippen LogP contribution is -2.37. The van der Waals surface area contributed by atoms with Crippen molar-refractivity contribution >= 4 is 27.3 Å². The molecule has 0 aliphatic heterocycles. The average molecular weight is 341 g/mol. The van der Waals surface area contributed by atoms with Gasteiger partial charge in [-0.2, -0.15) is 0 Å². The summed E-state index contributed by atoms with van der Waals surface area (Å²) < 4.78 is 6.83. The van der Waals surface area contributed by atoms with Gasteiger partial charge in [0.15, 0.2) is 0 Å². The molecule has 1 aromatic heterocycles. The molecule has 0 aliphatic carbocycles. The van der Waals surface area contributed by atoms with Crippen LogP contribution in [0.2, 0.25) is 0 Å². The second-order valence-corrected chi connectivity index (χ2v) is 6.77. The molecule has 2 rings (SSSR count). The van der Waals surface area contributed by atoms with Crippen molar-refractivity contribution in [2.45, 2.75) is 18.9 Å². The topological polar surface area (TPSA) is 47.3 Å². The number of halogens is 1. The van der Waals surface area contributed by atoms with Crippen LogP contribution in [0.3, 0.4) is 0 Å². The highest BCUT2D eigenvalue weighted by Crippen LogP contribution is 2.23. The van der Waals surface area contributed by atoms with E-state index in [1.54, 1.807) is 11.3 Å².